The lowest BCUT2D eigenvalue weighted by atomic mass is 9.55. The minimum absolute atomic E-state index is 0.0182. The van der Waals surface area contributed by atoms with Gasteiger partial charge >= 0.3 is 7.82 Å². The van der Waals surface area contributed by atoms with Crippen molar-refractivity contribution in [1.82, 2.24) is 30.2 Å². The molecule has 8 bridgehead atoms. The second-order valence-electron chi connectivity index (χ2n) is 26.5. The minimum Gasteiger partial charge on any atom is -0.394 e. The fourth-order valence-corrected chi connectivity index (χ4v) is 16.4. The number of phosphoric ester groups is 1. The van der Waals surface area contributed by atoms with Gasteiger partial charge in [0.2, 0.25) is 41.4 Å². The van der Waals surface area contributed by atoms with E-state index < -0.39 is 143 Å². The number of aliphatic imine (C=N–C) groups is 3. The van der Waals surface area contributed by atoms with Crippen LogP contribution in [0.25, 0.3) is 11.2 Å². The maximum Gasteiger partial charge on any atom is 0.472 e. The molecule has 6 aliphatic rings. The van der Waals surface area contributed by atoms with Gasteiger partial charge in [0.25, 0.3) is 0 Å². The van der Waals surface area contributed by atoms with Crippen LogP contribution in [0.3, 0.4) is 0 Å². The SMILES string of the molecule is CC1=C2N=C(C=C3N/C(=C(/C)C4=NC(C)(C5N=C1C(C)(CCC(=O)NCC(C)OP(=O)(O)OC1C(CO)OC(n6cnc7nc(C)nc(N)c76)C1O)C5CC(N)=O)C(C)(CC(N)=O)C4CCC(N)=O)C(C)(CC(N)=O)C3CCC(N)=O)C(C)(C)C2CCC(N)=O. The summed E-state index contributed by atoms with van der Waals surface area (Å²) in [4.78, 5) is 134. The molecule has 90 heavy (non-hydrogen) atoms. The number of phosphoric acid groups is 1. The molecular formula is C59H87N16O14P. The number of imidazole rings is 1. The highest BCUT2D eigenvalue weighted by Gasteiger charge is 2.66. The number of ether oxygens (including phenoxy) is 1. The summed E-state index contributed by atoms with van der Waals surface area (Å²) >= 11 is 0. The van der Waals surface area contributed by atoms with Crippen LogP contribution < -0.4 is 50.8 Å². The maximum atomic E-state index is 14.4. The Labute approximate surface area is 520 Å². The summed E-state index contributed by atoms with van der Waals surface area (Å²) in [5.41, 5.74) is 40.6. The second kappa shape index (κ2) is 25.4. The predicted octanol–water partition coefficient (Wildman–Crippen LogP) is 1.23. The van der Waals surface area contributed by atoms with Crippen LogP contribution in [0.15, 0.2) is 55.6 Å². The molecule has 492 valence electrons. The summed E-state index contributed by atoms with van der Waals surface area (Å²) in [5.74, 6) is -6.92. The monoisotopic (exact) mass is 1270 g/mol. The lowest BCUT2D eigenvalue weighted by molar-refractivity contribution is -0.124. The fourth-order valence-electron chi connectivity index (χ4n) is 15.2. The Morgan fingerprint density at radius 2 is 1.43 bits per heavy atom. The van der Waals surface area contributed by atoms with E-state index in [0.717, 1.165) is 0 Å². The number of nitrogens with two attached hydrogens (primary N) is 7. The van der Waals surface area contributed by atoms with E-state index in [2.05, 4.69) is 25.6 Å². The van der Waals surface area contributed by atoms with Gasteiger partial charge in [0.1, 0.15) is 36.0 Å². The Bertz CT molecular complexity index is 3540. The molecule has 0 spiro atoms. The number of carbonyl (C=O) groups excluding carboxylic acids is 7. The number of fused-ring (bicyclic) bond motifs is 7. The van der Waals surface area contributed by atoms with Crippen LogP contribution in [0.4, 0.5) is 5.82 Å². The van der Waals surface area contributed by atoms with Crippen LogP contribution in [0.1, 0.15) is 145 Å². The molecule has 31 heteroatoms. The van der Waals surface area contributed by atoms with E-state index >= 15 is 0 Å². The minimum atomic E-state index is -5.12. The number of rotatable bonds is 26. The third-order valence-electron chi connectivity index (χ3n) is 20.0. The van der Waals surface area contributed by atoms with Crippen LogP contribution in [-0.2, 0) is 51.9 Å². The van der Waals surface area contributed by atoms with Crippen molar-refractivity contribution >= 4 is 83.3 Å². The van der Waals surface area contributed by atoms with Crippen LogP contribution in [-0.4, -0.2) is 142 Å². The standard InChI is InChI=1S/C59H87N16O14P/c1-26(88-90(85,86)89-48-35(24-76)87-54(47(48)84)75-25-68-53-46(75)52(66)69-29(4)70-53)23-67-43(83)17-18-56(7)33(19-40(63)80)51-59(10)58(9,22-42(65)82)32(13-16-39(62)79)45(74-59)28(3)50-57(8,21-41(64)81)30(11-14-37(60)77)34(71-50)20-36-55(5,6)31(12-15-38(61)78)44(72-36)27(2)49(56)73-51/h20,25-26,30-33,35,47-48,51,54,71,76,84H,11-19,21-24H2,1-10H3,(H2,60,77)(H2,61,78)(H2,62,79)(H2,63,80)(H2,64,81)(H2,65,82)(H,67,83)(H,85,86)(H2,66,69,70)/b34-20?,44-27?,50-28-. The van der Waals surface area contributed by atoms with Gasteiger partial charge in [-0.2, -0.15) is 0 Å². The van der Waals surface area contributed by atoms with Crippen LogP contribution in [0.5, 0.6) is 0 Å². The summed E-state index contributed by atoms with van der Waals surface area (Å²) in [6, 6.07) is -1.05. The number of primary amides is 6. The van der Waals surface area contributed by atoms with E-state index in [9.17, 15) is 53.2 Å². The van der Waals surface area contributed by atoms with E-state index in [0.29, 0.717) is 51.2 Å². The van der Waals surface area contributed by atoms with Gasteiger partial charge in [0.05, 0.1) is 24.3 Å². The van der Waals surface area contributed by atoms with Gasteiger partial charge in [0.15, 0.2) is 17.7 Å². The molecule has 19 N–H and O–H groups in total. The Kier molecular flexibility index (Phi) is 19.3. The third kappa shape index (κ3) is 12.8. The number of nitrogens with one attached hydrogen (secondary N) is 2. The molecule has 2 aromatic heterocycles. The Balaban J connectivity index is 1.20. The first-order chi connectivity index (χ1) is 41.8. The molecule has 8 heterocycles. The average molecular weight is 1280 g/mol. The number of hydrogen-bond donors (Lipinski definition) is 12. The first-order valence-corrected chi connectivity index (χ1v) is 31.6. The lowest BCUT2D eigenvalue weighted by Crippen LogP contribution is -2.56. The van der Waals surface area contributed by atoms with Crippen molar-refractivity contribution in [1.29, 1.82) is 0 Å². The lowest BCUT2D eigenvalue weighted by Gasteiger charge is -2.48. The fraction of sp³-hybridized carbons (Fsp3) is 0.644. The molecular weight excluding hydrogens is 1190 g/mol. The number of aryl methyl sites for hydroxylation is 1. The van der Waals surface area contributed by atoms with Crippen LogP contribution in [0, 0.1) is 52.3 Å². The predicted molar refractivity (Wildman–Crippen MR) is 329 cm³/mol. The van der Waals surface area contributed by atoms with Gasteiger partial charge in [0, 0.05) is 131 Å². The van der Waals surface area contributed by atoms with Crippen molar-refractivity contribution in [3.8, 4) is 0 Å². The number of anilines is 1. The van der Waals surface area contributed by atoms with Gasteiger partial charge in [-0.3, -0.25) is 62.2 Å². The maximum absolute atomic E-state index is 14.4. The summed E-state index contributed by atoms with van der Waals surface area (Å²) in [7, 11) is -5.12. The summed E-state index contributed by atoms with van der Waals surface area (Å²) in [5, 5.41) is 28.1. The normalized spacial score (nSPS) is 32.8. The van der Waals surface area contributed by atoms with Crippen molar-refractivity contribution in [2.75, 3.05) is 18.9 Å². The van der Waals surface area contributed by atoms with E-state index in [1.165, 1.54) is 17.8 Å². The molecule has 2 aromatic rings. The highest BCUT2D eigenvalue weighted by molar-refractivity contribution is 7.47. The number of nitrogen functional groups attached to an aromatic ring is 1. The summed E-state index contributed by atoms with van der Waals surface area (Å²) in [6.07, 6.45) is -5.01. The van der Waals surface area contributed by atoms with Gasteiger partial charge in [-0.1, -0.05) is 34.6 Å². The number of allylic oxidation sites excluding steroid dienone is 6. The molecule has 7 amide bonds. The Hall–Kier alpha value is -7.34. The van der Waals surface area contributed by atoms with Crippen molar-refractivity contribution in [2.45, 2.75) is 182 Å². The van der Waals surface area contributed by atoms with E-state index in [-0.39, 0.29) is 94.2 Å². The molecule has 8 rings (SSSR count). The summed E-state index contributed by atoms with van der Waals surface area (Å²) in [6.45, 7) is 16.8. The zero-order chi connectivity index (χ0) is 66.7. The number of aromatic nitrogens is 4. The Morgan fingerprint density at radius 3 is 2.02 bits per heavy atom. The third-order valence-corrected chi connectivity index (χ3v) is 21.1. The van der Waals surface area contributed by atoms with Gasteiger partial charge in [-0.25, -0.2) is 19.5 Å². The first-order valence-electron chi connectivity index (χ1n) is 30.1. The second-order valence-corrected chi connectivity index (χ2v) is 27.8. The molecule has 0 radical (unpaired) electrons. The number of aliphatic hydroxyl groups is 2. The van der Waals surface area contributed by atoms with Crippen molar-refractivity contribution in [2.24, 2.45) is 94.7 Å². The number of carbonyl (C=O) groups is 7. The van der Waals surface area contributed by atoms with Gasteiger partial charge in [-0.15, -0.1) is 0 Å². The molecule has 0 saturated carbocycles. The van der Waals surface area contributed by atoms with E-state index in [1.807, 2.05) is 61.5 Å². The van der Waals surface area contributed by atoms with Crippen molar-refractivity contribution in [3.63, 3.8) is 0 Å². The molecule has 30 nitrogen and oxygen atoms in total. The quantitative estimate of drug-likeness (QED) is 0.0589. The zero-order valence-corrected chi connectivity index (χ0v) is 53.5. The molecule has 2 saturated heterocycles. The number of hydrogen-bond acceptors (Lipinski definition) is 21. The van der Waals surface area contributed by atoms with Crippen molar-refractivity contribution in [3.05, 3.63) is 46.5 Å². The molecule has 15 unspecified atom stereocenters. The van der Waals surface area contributed by atoms with Crippen LogP contribution >= 0.6 is 7.82 Å². The van der Waals surface area contributed by atoms with E-state index in [1.54, 1.807) is 6.92 Å². The smallest absolute Gasteiger partial charge is 0.394 e. The van der Waals surface area contributed by atoms with Gasteiger partial charge in [-0.05, 0) is 77.5 Å². The molecule has 2 fully saturated rings. The molecule has 0 aliphatic carbocycles. The van der Waals surface area contributed by atoms with Gasteiger partial charge < -0.3 is 70.6 Å². The molecule has 0 aromatic carbocycles. The average Bonchev–Trinajstić information content (AvgIpc) is 1.53. The van der Waals surface area contributed by atoms with Crippen molar-refractivity contribution < 1.29 is 67.0 Å². The molecule has 6 aliphatic heterocycles. The van der Waals surface area contributed by atoms with E-state index in [4.69, 9.17) is 68.9 Å². The number of amides is 7. The zero-order valence-electron chi connectivity index (χ0n) is 52.6. The summed E-state index contributed by atoms with van der Waals surface area (Å²) < 4.78 is 31.8. The van der Waals surface area contributed by atoms with Crippen LogP contribution in [0.2, 0.25) is 0 Å². The highest BCUT2D eigenvalue weighted by atomic mass is 31.2. The number of nitrogens with zero attached hydrogens (tertiary/aromatic N) is 7. The topological polar surface area (TPSA) is 512 Å². The number of aliphatic hydroxyl groups excluding tert-OH is 2. The largest absolute Gasteiger partial charge is 0.472 e. The first kappa shape index (κ1) is 68.6. The Morgan fingerprint density at radius 1 is 0.822 bits per heavy atom. The molecule has 15 atom stereocenters. The highest BCUT2D eigenvalue weighted by Crippen LogP contribution is 2.63.